The second-order valence-corrected chi connectivity index (χ2v) is 3.70. The lowest BCUT2D eigenvalue weighted by Crippen LogP contribution is -2.10. The molecule has 0 radical (unpaired) electrons. The molecule has 0 saturated heterocycles. The van der Waals surface area contributed by atoms with Gasteiger partial charge in [0.15, 0.2) is 0 Å². The Balaban J connectivity index is 2.76. The molecule has 17 heavy (non-hydrogen) atoms. The number of hydrogen-bond acceptors (Lipinski definition) is 4. The smallest absolute Gasteiger partial charge is 0.268 e. The van der Waals surface area contributed by atoms with Crippen LogP contribution in [0.5, 0.6) is 5.88 Å². The van der Waals surface area contributed by atoms with E-state index in [1.165, 1.54) is 0 Å². The van der Waals surface area contributed by atoms with Gasteiger partial charge in [0, 0.05) is 17.5 Å². The molecular formula is C11H14N4O2. The van der Waals surface area contributed by atoms with Crippen molar-refractivity contribution in [1.29, 1.82) is 0 Å². The Morgan fingerprint density at radius 2 is 2.24 bits per heavy atom. The highest BCUT2D eigenvalue weighted by Crippen LogP contribution is 2.21. The molecule has 6 nitrogen and oxygen atoms in total. The fourth-order valence-electron chi connectivity index (χ4n) is 1.85. The number of aryl methyl sites for hydroxylation is 1. The molecular weight excluding hydrogens is 220 g/mol. The third-order valence-corrected chi connectivity index (χ3v) is 2.74. The standard InChI is InChI=1S/C11H14N4O2/c1-4-7-6(2)15-5-8(9(12)16)13-11(15)14-10(7)17-3/h5H,4H2,1-3H3,(H2,12,16). The topological polar surface area (TPSA) is 82.5 Å². The van der Waals surface area contributed by atoms with Crippen molar-refractivity contribution < 1.29 is 9.53 Å². The normalized spacial score (nSPS) is 10.8. The van der Waals surface area contributed by atoms with E-state index in [2.05, 4.69) is 9.97 Å². The van der Waals surface area contributed by atoms with E-state index < -0.39 is 5.91 Å². The third kappa shape index (κ3) is 1.71. The number of nitrogens with two attached hydrogens (primary N) is 1. The van der Waals surface area contributed by atoms with Crippen molar-refractivity contribution in [1.82, 2.24) is 14.4 Å². The van der Waals surface area contributed by atoms with Gasteiger partial charge in [0.2, 0.25) is 11.7 Å². The van der Waals surface area contributed by atoms with Gasteiger partial charge in [0.25, 0.3) is 5.91 Å². The number of hydrogen-bond donors (Lipinski definition) is 1. The first-order valence-electron chi connectivity index (χ1n) is 5.30. The Hall–Kier alpha value is -2.11. The van der Waals surface area contributed by atoms with Gasteiger partial charge < -0.3 is 10.5 Å². The Morgan fingerprint density at radius 1 is 1.53 bits per heavy atom. The fraction of sp³-hybridized carbons (Fsp3) is 0.364. The summed E-state index contributed by atoms with van der Waals surface area (Å²) in [6.07, 6.45) is 2.39. The molecule has 0 unspecified atom stereocenters. The van der Waals surface area contributed by atoms with E-state index in [0.717, 1.165) is 17.7 Å². The molecule has 0 aliphatic carbocycles. The number of imidazole rings is 1. The maximum atomic E-state index is 11.1. The van der Waals surface area contributed by atoms with Crippen LogP contribution < -0.4 is 10.5 Å². The molecule has 2 heterocycles. The minimum absolute atomic E-state index is 0.205. The minimum atomic E-state index is -0.563. The molecule has 2 rings (SSSR count). The summed E-state index contributed by atoms with van der Waals surface area (Å²) < 4.78 is 6.97. The number of nitrogens with zero attached hydrogens (tertiary/aromatic N) is 3. The lowest BCUT2D eigenvalue weighted by Gasteiger charge is -2.10. The average Bonchev–Trinajstić information content (AvgIpc) is 2.73. The Labute approximate surface area is 98.4 Å². The highest BCUT2D eigenvalue weighted by molar-refractivity contribution is 5.91. The second-order valence-electron chi connectivity index (χ2n) is 3.70. The predicted molar refractivity (Wildman–Crippen MR) is 62.2 cm³/mol. The predicted octanol–water partition coefficient (Wildman–Crippen LogP) is 0.708. The molecule has 6 heteroatoms. The summed E-state index contributed by atoms with van der Waals surface area (Å²) in [5, 5.41) is 0. The number of methoxy groups -OCH3 is 1. The minimum Gasteiger partial charge on any atom is -0.481 e. The van der Waals surface area contributed by atoms with Crippen LogP contribution in [0.3, 0.4) is 0 Å². The first-order valence-corrected chi connectivity index (χ1v) is 5.30. The molecule has 0 aliphatic heterocycles. The van der Waals surface area contributed by atoms with E-state index in [1.54, 1.807) is 17.7 Å². The SMILES string of the molecule is CCc1c(OC)nc2nc(C(N)=O)cn2c1C. The van der Waals surface area contributed by atoms with Gasteiger partial charge in [-0.2, -0.15) is 4.98 Å². The van der Waals surface area contributed by atoms with Crippen LogP contribution in [-0.4, -0.2) is 27.4 Å². The van der Waals surface area contributed by atoms with Gasteiger partial charge in [-0.25, -0.2) is 4.98 Å². The molecule has 1 amide bonds. The summed E-state index contributed by atoms with van der Waals surface area (Å²) in [5.41, 5.74) is 7.35. The van der Waals surface area contributed by atoms with Gasteiger partial charge in [0.05, 0.1) is 7.11 Å². The van der Waals surface area contributed by atoms with Crippen LogP contribution in [0.15, 0.2) is 6.20 Å². The van der Waals surface area contributed by atoms with Crippen molar-refractivity contribution in [2.45, 2.75) is 20.3 Å². The van der Waals surface area contributed by atoms with Crippen molar-refractivity contribution in [2.24, 2.45) is 5.73 Å². The van der Waals surface area contributed by atoms with E-state index >= 15 is 0 Å². The van der Waals surface area contributed by atoms with E-state index in [1.807, 2.05) is 13.8 Å². The highest BCUT2D eigenvalue weighted by Gasteiger charge is 2.15. The number of carbonyl (C=O) groups is 1. The van der Waals surface area contributed by atoms with Gasteiger partial charge in [-0.15, -0.1) is 0 Å². The molecule has 0 aliphatic rings. The van der Waals surface area contributed by atoms with Crippen molar-refractivity contribution in [3.05, 3.63) is 23.1 Å². The monoisotopic (exact) mass is 234 g/mol. The number of fused-ring (bicyclic) bond motifs is 1. The first kappa shape index (κ1) is 11.4. The second kappa shape index (κ2) is 4.04. The summed E-state index contributed by atoms with van der Waals surface area (Å²) in [7, 11) is 1.56. The van der Waals surface area contributed by atoms with Gasteiger partial charge in [0.1, 0.15) is 5.69 Å². The van der Waals surface area contributed by atoms with Gasteiger partial charge >= 0.3 is 0 Å². The van der Waals surface area contributed by atoms with Crippen LogP contribution in [0.25, 0.3) is 5.78 Å². The molecule has 0 atom stereocenters. The van der Waals surface area contributed by atoms with Crippen LogP contribution in [0, 0.1) is 6.92 Å². The molecule has 0 fully saturated rings. The Morgan fingerprint density at radius 3 is 2.76 bits per heavy atom. The molecule has 2 N–H and O–H groups in total. The van der Waals surface area contributed by atoms with Crippen LogP contribution in [0.4, 0.5) is 0 Å². The zero-order valence-corrected chi connectivity index (χ0v) is 10.0. The molecule has 2 aromatic heterocycles. The number of amides is 1. The summed E-state index contributed by atoms with van der Waals surface area (Å²) in [4.78, 5) is 19.4. The van der Waals surface area contributed by atoms with Crippen LogP contribution in [0.2, 0.25) is 0 Å². The number of carbonyl (C=O) groups excluding carboxylic acids is 1. The maximum absolute atomic E-state index is 11.1. The van der Waals surface area contributed by atoms with Crippen molar-refractivity contribution in [3.8, 4) is 5.88 Å². The van der Waals surface area contributed by atoms with E-state index in [9.17, 15) is 4.79 Å². The number of ether oxygens (including phenoxy) is 1. The lowest BCUT2D eigenvalue weighted by molar-refractivity contribution is 0.0996. The van der Waals surface area contributed by atoms with Crippen molar-refractivity contribution in [2.75, 3.05) is 7.11 Å². The summed E-state index contributed by atoms with van der Waals surface area (Å²) in [6.45, 7) is 3.95. The Kier molecular flexibility index (Phi) is 2.71. The molecule has 0 bridgehead atoms. The largest absolute Gasteiger partial charge is 0.481 e. The zero-order valence-electron chi connectivity index (χ0n) is 10.0. The van der Waals surface area contributed by atoms with Gasteiger partial charge in [-0.3, -0.25) is 9.20 Å². The molecule has 0 spiro atoms. The van der Waals surface area contributed by atoms with E-state index in [-0.39, 0.29) is 5.69 Å². The summed E-state index contributed by atoms with van der Waals surface area (Å²) in [6, 6.07) is 0. The first-order chi connectivity index (χ1) is 8.08. The van der Waals surface area contributed by atoms with Crippen molar-refractivity contribution in [3.63, 3.8) is 0 Å². The van der Waals surface area contributed by atoms with Crippen molar-refractivity contribution >= 4 is 11.7 Å². The number of aromatic nitrogens is 3. The highest BCUT2D eigenvalue weighted by atomic mass is 16.5. The molecule has 0 aromatic carbocycles. The fourth-order valence-corrected chi connectivity index (χ4v) is 1.85. The van der Waals surface area contributed by atoms with Gasteiger partial charge in [-0.05, 0) is 13.3 Å². The van der Waals surface area contributed by atoms with E-state index in [4.69, 9.17) is 10.5 Å². The lowest BCUT2D eigenvalue weighted by atomic mass is 10.2. The van der Waals surface area contributed by atoms with Gasteiger partial charge in [-0.1, -0.05) is 6.92 Å². The van der Waals surface area contributed by atoms with Crippen LogP contribution in [0.1, 0.15) is 28.7 Å². The average molecular weight is 234 g/mol. The summed E-state index contributed by atoms with van der Waals surface area (Å²) in [5.74, 6) is 0.399. The Bertz CT molecular complexity index is 589. The quantitative estimate of drug-likeness (QED) is 0.847. The zero-order chi connectivity index (χ0) is 12.6. The van der Waals surface area contributed by atoms with Crippen LogP contribution in [-0.2, 0) is 6.42 Å². The molecule has 2 aromatic rings. The molecule has 0 saturated carbocycles. The number of rotatable bonds is 3. The summed E-state index contributed by atoms with van der Waals surface area (Å²) >= 11 is 0. The number of primary amides is 1. The molecule has 90 valence electrons. The van der Waals surface area contributed by atoms with Crippen LogP contribution >= 0.6 is 0 Å². The third-order valence-electron chi connectivity index (χ3n) is 2.74. The maximum Gasteiger partial charge on any atom is 0.268 e. The van der Waals surface area contributed by atoms with E-state index in [0.29, 0.717) is 11.7 Å².